The lowest BCUT2D eigenvalue weighted by molar-refractivity contribution is -0.148. The summed E-state index contributed by atoms with van der Waals surface area (Å²) in [6.07, 6.45) is -5.81. The minimum atomic E-state index is -4.38. The molecule has 0 aliphatic heterocycles. The summed E-state index contributed by atoms with van der Waals surface area (Å²) in [4.78, 5) is 22.6. The van der Waals surface area contributed by atoms with Gasteiger partial charge in [0.05, 0.1) is 24.8 Å². The Hall–Kier alpha value is -4.61. The Morgan fingerprint density at radius 3 is 1.39 bits per heavy atom. The van der Waals surface area contributed by atoms with Crippen molar-refractivity contribution in [2.45, 2.75) is 32.2 Å². The van der Waals surface area contributed by atoms with Crippen molar-refractivity contribution < 1.29 is 51.2 Å². The summed E-state index contributed by atoms with van der Waals surface area (Å²) in [7, 11) is 2.58. The zero-order valence-corrected chi connectivity index (χ0v) is 26.5. The molecule has 2 atom stereocenters. The van der Waals surface area contributed by atoms with Crippen LogP contribution >= 0.6 is 23.2 Å². The van der Waals surface area contributed by atoms with Gasteiger partial charge < -0.3 is 28.4 Å². The second-order valence-electron chi connectivity index (χ2n) is 9.31. The number of methoxy groups -OCH3 is 2. The minimum Gasteiger partial charge on any atom is -0.479 e. The number of carbonyl (C=O) groups excluding carboxylic acids is 2. The van der Waals surface area contributed by atoms with E-state index in [4.69, 9.17) is 42.1 Å². The van der Waals surface area contributed by atoms with E-state index in [-0.39, 0.29) is 5.75 Å². The third kappa shape index (κ3) is 11.1. The zero-order chi connectivity index (χ0) is 33.9. The van der Waals surface area contributed by atoms with Gasteiger partial charge in [-0.25, -0.2) is 9.59 Å². The van der Waals surface area contributed by atoms with E-state index < -0.39 is 35.9 Å². The average molecular weight is 681 g/mol. The van der Waals surface area contributed by atoms with Gasteiger partial charge in [0.2, 0.25) is 0 Å². The van der Waals surface area contributed by atoms with Crippen molar-refractivity contribution in [3.63, 3.8) is 0 Å². The first-order valence-corrected chi connectivity index (χ1v) is 14.2. The van der Waals surface area contributed by atoms with Crippen molar-refractivity contribution in [2.24, 2.45) is 0 Å². The lowest BCUT2D eigenvalue weighted by Gasteiger charge is -2.13. The van der Waals surface area contributed by atoms with Crippen molar-refractivity contribution >= 4 is 35.1 Å². The van der Waals surface area contributed by atoms with Crippen LogP contribution in [0.2, 0.25) is 10.0 Å². The van der Waals surface area contributed by atoms with Crippen LogP contribution in [-0.2, 0) is 25.2 Å². The third-order valence-corrected chi connectivity index (χ3v) is 6.41. The van der Waals surface area contributed by atoms with Gasteiger partial charge in [-0.05, 0) is 105 Å². The van der Waals surface area contributed by atoms with Crippen LogP contribution in [0.5, 0.6) is 34.5 Å². The topological polar surface area (TPSA) is 89.5 Å². The highest BCUT2D eigenvalue weighted by Gasteiger charge is 2.30. The maximum Gasteiger partial charge on any atom is 0.416 e. The number of ether oxygens (including phenoxy) is 6. The van der Waals surface area contributed by atoms with E-state index in [2.05, 4.69) is 9.47 Å². The molecule has 8 nitrogen and oxygen atoms in total. The number of halogens is 5. The Kier molecular flexibility index (Phi) is 13.0. The van der Waals surface area contributed by atoms with Gasteiger partial charge in [0.15, 0.2) is 12.2 Å². The second kappa shape index (κ2) is 16.6. The number of alkyl halides is 3. The van der Waals surface area contributed by atoms with Gasteiger partial charge in [-0.15, -0.1) is 0 Å². The lowest BCUT2D eigenvalue weighted by atomic mass is 10.2. The van der Waals surface area contributed by atoms with Crippen LogP contribution in [-0.4, -0.2) is 38.4 Å². The van der Waals surface area contributed by atoms with Gasteiger partial charge in [0.1, 0.15) is 34.5 Å². The molecule has 0 spiro atoms. The highest BCUT2D eigenvalue weighted by molar-refractivity contribution is 6.35. The van der Waals surface area contributed by atoms with E-state index in [0.717, 1.165) is 12.1 Å². The van der Waals surface area contributed by atoms with Crippen molar-refractivity contribution in [1.82, 2.24) is 0 Å². The predicted octanol–water partition coefficient (Wildman–Crippen LogP) is 9.16. The first-order valence-electron chi connectivity index (χ1n) is 13.5. The monoisotopic (exact) mass is 680 g/mol. The van der Waals surface area contributed by atoms with E-state index in [9.17, 15) is 22.8 Å². The maximum absolute atomic E-state index is 12.5. The molecule has 0 fully saturated rings. The van der Waals surface area contributed by atoms with Crippen LogP contribution < -0.4 is 18.9 Å². The number of benzene rings is 4. The van der Waals surface area contributed by atoms with Crippen molar-refractivity contribution in [2.75, 3.05) is 14.2 Å². The summed E-state index contributed by atoms with van der Waals surface area (Å²) in [5, 5.41) is 0.963. The van der Waals surface area contributed by atoms with E-state index in [1.165, 1.54) is 26.4 Å². The van der Waals surface area contributed by atoms with Gasteiger partial charge in [0, 0.05) is 5.02 Å². The molecule has 4 rings (SSSR count). The SMILES string of the molecule is COC(=O)C(C)Oc1ccc(Oc2ccc(C(F)(F)F)cc2)cc1.COC(=O)C(C)Oc1ccc(Oc2ccc(Cl)cc2Cl)cc1. The Labute approximate surface area is 273 Å². The molecule has 0 aliphatic rings. The third-order valence-electron chi connectivity index (χ3n) is 5.88. The standard InChI is InChI=1S/C17H15F3O4.C16H14Cl2O4/c1-11(16(21)22-2)23-13-7-9-15(10-8-13)24-14-5-3-12(4-6-14)17(18,19)20;1-10(16(19)20-2)21-12-4-6-13(7-5-12)22-15-8-3-11(17)9-14(15)18/h3-11H,1-2H3;3-10H,1-2H3. The molecular formula is C33H29Cl2F3O8. The summed E-state index contributed by atoms with van der Waals surface area (Å²) in [5.74, 6) is 1.82. The van der Waals surface area contributed by atoms with Crippen LogP contribution in [0.25, 0.3) is 0 Å². The van der Waals surface area contributed by atoms with E-state index in [1.807, 2.05) is 0 Å². The fraction of sp³-hybridized carbons (Fsp3) is 0.212. The predicted molar refractivity (Wildman–Crippen MR) is 165 cm³/mol. The molecule has 0 aromatic heterocycles. The number of carbonyl (C=O) groups is 2. The summed E-state index contributed by atoms with van der Waals surface area (Å²) in [6, 6.07) is 22.5. The Morgan fingerprint density at radius 1 is 0.609 bits per heavy atom. The first kappa shape index (κ1) is 35.9. The molecule has 244 valence electrons. The second-order valence-corrected chi connectivity index (χ2v) is 10.2. The molecule has 0 bridgehead atoms. The van der Waals surface area contributed by atoms with Gasteiger partial charge in [-0.1, -0.05) is 23.2 Å². The van der Waals surface area contributed by atoms with Crippen molar-refractivity contribution in [3.05, 3.63) is 107 Å². The van der Waals surface area contributed by atoms with E-state index in [1.54, 1.807) is 80.6 Å². The Morgan fingerprint density at radius 2 is 1.00 bits per heavy atom. The Bertz CT molecular complexity index is 1580. The molecule has 0 N–H and O–H groups in total. The van der Waals surface area contributed by atoms with E-state index >= 15 is 0 Å². The molecule has 2 unspecified atom stereocenters. The van der Waals surface area contributed by atoms with Crippen LogP contribution in [0.3, 0.4) is 0 Å². The normalized spacial score (nSPS) is 12.0. The molecule has 4 aromatic rings. The van der Waals surface area contributed by atoms with Crippen LogP contribution in [0.4, 0.5) is 13.2 Å². The molecule has 4 aromatic carbocycles. The minimum absolute atomic E-state index is 0.277. The summed E-state index contributed by atoms with van der Waals surface area (Å²) < 4.78 is 68.5. The van der Waals surface area contributed by atoms with Crippen LogP contribution in [0.1, 0.15) is 19.4 Å². The quantitative estimate of drug-likeness (QED) is 0.153. The lowest BCUT2D eigenvalue weighted by Crippen LogP contribution is -2.24. The molecule has 0 heterocycles. The van der Waals surface area contributed by atoms with Crippen molar-refractivity contribution in [1.29, 1.82) is 0 Å². The Balaban J connectivity index is 0.000000251. The maximum atomic E-state index is 12.5. The fourth-order valence-corrected chi connectivity index (χ4v) is 3.99. The highest BCUT2D eigenvalue weighted by atomic mass is 35.5. The van der Waals surface area contributed by atoms with Crippen LogP contribution in [0.15, 0.2) is 91.0 Å². The average Bonchev–Trinajstić information content (AvgIpc) is 3.03. The smallest absolute Gasteiger partial charge is 0.416 e. The molecular weight excluding hydrogens is 652 g/mol. The summed E-state index contributed by atoms with van der Waals surface area (Å²) >= 11 is 11.9. The van der Waals surface area contributed by atoms with Crippen LogP contribution in [0, 0.1) is 0 Å². The molecule has 0 aliphatic carbocycles. The van der Waals surface area contributed by atoms with Gasteiger partial charge in [0.25, 0.3) is 0 Å². The molecule has 0 amide bonds. The molecule has 46 heavy (non-hydrogen) atoms. The molecule has 0 saturated carbocycles. The summed E-state index contributed by atoms with van der Waals surface area (Å²) in [6.45, 7) is 3.17. The number of hydrogen-bond donors (Lipinski definition) is 0. The zero-order valence-electron chi connectivity index (χ0n) is 25.0. The number of esters is 2. The van der Waals surface area contributed by atoms with Gasteiger partial charge in [-0.3, -0.25) is 0 Å². The largest absolute Gasteiger partial charge is 0.479 e. The van der Waals surface area contributed by atoms with E-state index in [0.29, 0.717) is 38.8 Å². The fourth-order valence-electron chi connectivity index (χ4n) is 3.54. The number of hydrogen-bond acceptors (Lipinski definition) is 8. The van der Waals surface area contributed by atoms with Crippen molar-refractivity contribution in [3.8, 4) is 34.5 Å². The van der Waals surface area contributed by atoms with Gasteiger partial charge in [-0.2, -0.15) is 13.2 Å². The first-order chi connectivity index (χ1) is 21.8. The molecule has 0 radical (unpaired) electrons. The molecule has 0 saturated heterocycles. The summed E-state index contributed by atoms with van der Waals surface area (Å²) in [5.41, 5.74) is -0.740. The van der Waals surface area contributed by atoms with Gasteiger partial charge >= 0.3 is 18.1 Å². The highest BCUT2D eigenvalue weighted by Crippen LogP contribution is 2.33. The molecule has 13 heteroatoms. The number of rotatable bonds is 10.